The molecule has 1 atom stereocenters. The lowest BCUT2D eigenvalue weighted by atomic mass is 10.1. The summed E-state index contributed by atoms with van der Waals surface area (Å²) in [7, 11) is -3.66. The quantitative estimate of drug-likeness (QED) is 0.570. The Balaban J connectivity index is 1.45. The van der Waals surface area contributed by atoms with Gasteiger partial charge < -0.3 is 15.4 Å². The van der Waals surface area contributed by atoms with E-state index in [2.05, 4.69) is 15.6 Å². The van der Waals surface area contributed by atoms with Crippen molar-refractivity contribution in [2.45, 2.75) is 36.9 Å². The van der Waals surface area contributed by atoms with Crippen LogP contribution in [0.15, 0.2) is 29.3 Å². The molecule has 0 aromatic heterocycles. The maximum absolute atomic E-state index is 12.6. The van der Waals surface area contributed by atoms with Gasteiger partial charge in [0.05, 0.1) is 6.54 Å². The minimum Gasteiger partial charge on any atom is -0.488 e. The van der Waals surface area contributed by atoms with Gasteiger partial charge in [-0.15, -0.1) is 0 Å². The molecule has 28 heavy (non-hydrogen) atoms. The third-order valence-electron chi connectivity index (χ3n) is 4.86. The molecule has 0 aliphatic carbocycles. The Morgan fingerprint density at radius 1 is 1.29 bits per heavy atom. The molecule has 0 amide bonds. The van der Waals surface area contributed by atoms with Crippen LogP contribution < -0.4 is 15.4 Å². The third-order valence-corrected chi connectivity index (χ3v) is 6.49. The van der Waals surface area contributed by atoms with Crippen molar-refractivity contribution >= 4 is 16.0 Å². The minimum atomic E-state index is -5.26. The van der Waals surface area contributed by atoms with Gasteiger partial charge in [0.2, 0.25) is 0 Å². The Kier molecular flexibility index (Phi) is 6.04. The number of hydrogen-bond acceptors (Lipinski definition) is 4. The van der Waals surface area contributed by atoms with E-state index in [0.717, 1.165) is 17.7 Å². The van der Waals surface area contributed by atoms with E-state index >= 15 is 0 Å². The Labute approximate surface area is 162 Å². The zero-order chi connectivity index (χ0) is 20.4. The number of benzene rings is 1. The number of rotatable bonds is 4. The lowest BCUT2D eigenvalue weighted by Crippen LogP contribution is -2.52. The summed E-state index contributed by atoms with van der Waals surface area (Å²) >= 11 is 0. The zero-order valence-corrected chi connectivity index (χ0v) is 16.2. The summed E-state index contributed by atoms with van der Waals surface area (Å²) < 4.78 is 67.2. The molecule has 1 fully saturated rings. The number of nitrogens with zero attached hydrogens (tertiary/aromatic N) is 2. The minimum absolute atomic E-state index is 0.0327. The average molecular weight is 420 g/mol. The first kappa shape index (κ1) is 20.7. The fraction of sp³-hybridized carbons (Fsp3) is 0.588. The number of guanidine groups is 1. The molecule has 1 unspecified atom stereocenters. The molecule has 7 nitrogen and oxygen atoms in total. The number of para-hydroxylation sites is 1. The van der Waals surface area contributed by atoms with Crippen LogP contribution in [0.5, 0.6) is 5.75 Å². The van der Waals surface area contributed by atoms with Crippen LogP contribution in [-0.2, 0) is 16.4 Å². The maximum atomic E-state index is 12.6. The van der Waals surface area contributed by atoms with E-state index in [1.807, 2.05) is 24.3 Å². The monoisotopic (exact) mass is 420 g/mol. The number of halogens is 3. The largest absolute Gasteiger partial charge is 0.511 e. The molecule has 2 aliphatic rings. The molecule has 0 saturated carbocycles. The fourth-order valence-corrected chi connectivity index (χ4v) is 4.34. The highest BCUT2D eigenvalue weighted by Gasteiger charge is 2.50. The summed E-state index contributed by atoms with van der Waals surface area (Å²) in [5.41, 5.74) is -4.11. The number of alkyl halides is 3. The van der Waals surface area contributed by atoms with E-state index in [1.54, 1.807) is 7.05 Å². The van der Waals surface area contributed by atoms with E-state index in [0.29, 0.717) is 16.8 Å². The van der Waals surface area contributed by atoms with Crippen molar-refractivity contribution in [3.05, 3.63) is 29.8 Å². The Bertz CT molecular complexity index is 796. The highest BCUT2D eigenvalue weighted by Crippen LogP contribution is 2.29. The standard InChI is InChI=1S/C17H23F3N4O3S/c1-21-16(22-11-14-10-12-4-2-3-5-15(12)27-14)23-13-6-8-24(9-7-13)28(25,26)17(18,19)20/h2-5,13-14H,6-11H2,1H3,(H2,21,22,23). The van der Waals surface area contributed by atoms with Gasteiger partial charge in [-0.2, -0.15) is 17.5 Å². The molecule has 0 bridgehead atoms. The molecule has 2 N–H and O–H groups in total. The van der Waals surface area contributed by atoms with Gasteiger partial charge in [-0.3, -0.25) is 4.99 Å². The van der Waals surface area contributed by atoms with Crippen molar-refractivity contribution in [3.63, 3.8) is 0 Å². The van der Waals surface area contributed by atoms with Crippen LogP contribution in [0.3, 0.4) is 0 Å². The lowest BCUT2D eigenvalue weighted by Gasteiger charge is -2.32. The summed E-state index contributed by atoms with van der Waals surface area (Å²) in [5, 5.41) is 6.30. The first-order valence-electron chi connectivity index (χ1n) is 8.99. The number of hydrogen-bond donors (Lipinski definition) is 2. The molecule has 156 valence electrons. The number of aliphatic imine (C=N–C) groups is 1. The number of ether oxygens (including phenoxy) is 1. The lowest BCUT2D eigenvalue weighted by molar-refractivity contribution is -0.0494. The van der Waals surface area contributed by atoms with E-state index in [-0.39, 0.29) is 38.1 Å². The van der Waals surface area contributed by atoms with Gasteiger partial charge in [-0.1, -0.05) is 18.2 Å². The van der Waals surface area contributed by atoms with Crippen molar-refractivity contribution < 1.29 is 26.3 Å². The van der Waals surface area contributed by atoms with Crippen LogP contribution in [0.2, 0.25) is 0 Å². The molecule has 1 aromatic carbocycles. The second-order valence-corrected chi connectivity index (χ2v) is 8.70. The van der Waals surface area contributed by atoms with Crippen molar-refractivity contribution in [2.24, 2.45) is 4.99 Å². The molecule has 11 heteroatoms. The van der Waals surface area contributed by atoms with Gasteiger partial charge >= 0.3 is 15.5 Å². The Morgan fingerprint density at radius 2 is 1.96 bits per heavy atom. The second-order valence-electron chi connectivity index (χ2n) is 6.77. The van der Waals surface area contributed by atoms with Crippen LogP contribution in [0.1, 0.15) is 18.4 Å². The van der Waals surface area contributed by atoms with Crippen molar-refractivity contribution in [1.29, 1.82) is 0 Å². The number of sulfonamides is 1. The highest BCUT2D eigenvalue weighted by molar-refractivity contribution is 7.90. The summed E-state index contributed by atoms with van der Waals surface area (Å²) in [5.74, 6) is 1.38. The zero-order valence-electron chi connectivity index (χ0n) is 15.4. The second kappa shape index (κ2) is 8.16. The first-order valence-corrected chi connectivity index (χ1v) is 10.4. The van der Waals surface area contributed by atoms with Crippen LogP contribution in [0, 0.1) is 0 Å². The van der Waals surface area contributed by atoms with Gasteiger partial charge in [0, 0.05) is 32.6 Å². The molecular weight excluding hydrogens is 397 g/mol. The SMILES string of the molecule is CN=C(NCC1Cc2ccccc2O1)NC1CCN(S(=O)(=O)C(F)(F)F)CC1. The summed E-state index contributed by atoms with van der Waals surface area (Å²) in [6.07, 6.45) is 1.28. The maximum Gasteiger partial charge on any atom is 0.511 e. The topological polar surface area (TPSA) is 83.0 Å². The molecule has 3 rings (SSSR count). The van der Waals surface area contributed by atoms with Crippen molar-refractivity contribution in [1.82, 2.24) is 14.9 Å². The molecule has 2 heterocycles. The van der Waals surface area contributed by atoms with Gasteiger partial charge in [0.15, 0.2) is 5.96 Å². The third kappa shape index (κ3) is 4.52. The molecule has 2 aliphatic heterocycles. The van der Waals surface area contributed by atoms with Gasteiger partial charge in [-0.05, 0) is 24.5 Å². The Morgan fingerprint density at radius 3 is 2.57 bits per heavy atom. The molecule has 1 aromatic rings. The summed E-state index contributed by atoms with van der Waals surface area (Å²) in [4.78, 5) is 4.13. The fourth-order valence-electron chi connectivity index (χ4n) is 3.35. The average Bonchev–Trinajstić information content (AvgIpc) is 3.07. The van der Waals surface area contributed by atoms with E-state index in [1.165, 1.54) is 0 Å². The van der Waals surface area contributed by atoms with Crippen LogP contribution in [0.4, 0.5) is 13.2 Å². The van der Waals surface area contributed by atoms with Crippen molar-refractivity contribution in [2.75, 3.05) is 26.7 Å². The highest BCUT2D eigenvalue weighted by atomic mass is 32.2. The first-order chi connectivity index (χ1) is 13.2. The van der Waals surface area contributed by atoms with Crippen LogP contribution >= 0.6 is 0 Å². The van der Waals surface area contributed by atoms with Gasteiger partial charge in [0.1, 0.15) is 11.9 Å². The summed E-state index contributed by atoms with van der Waals surface area (Å²) in [6.45, 7) is 0.157. The number of fused-ring (bicyclic) bond motifs is 1. The van der Waals surface area contributed by atoms with Gasteiger partial charge in [-0.25, -0.2) is 8.42 Å². The molecule has 1 saturated heterocycles. The summed E-state index contributed by atoms with van der Waals surface area (Å²) in [6, 6.07) is 7.66. The predicted octanol–water partition coefficient (Wildman–Crippen LogP) is 1.47. The molecule has 0 spiro atoms. The van der Waals surface area contributed by atoms with Crippen LogP contribution in [-0.4, -0.2) is 63.0 Å². The van der Waals surface area contributed by atoms with E-state index in [9.17, 15) is 21.6 Å². The van der Waals surface area contributed by atoms with E-state index in [4.69, 9.17) is 4.74 Å². The smallest absolute Gasteiger partial charge is 0.488 e. The molecular formula is C17H23F3N4O3S. The number of piperidine rings is 1. The normalized spacial score (nSPS) is 21.9. The van der Waals surface area contributed by atoms with E-state index < -0.39 is 15.5 Å². The number of nitrogens with one attached hydrogen (secondary N) is 2. The Hall–Kier alpha value is -2.01. The predicted molar refractivity (Wildman–Crippen MR) is 98.6 cm³/mol. The van der Waals surface area contributed by atoms with Crippen LogP contribution in [0.25, 0.3) is 0 Å². The van der Waals surface area contributed by atoms with Gasteiger partial charge in [0.25, 0.3) is 0 Å². The van der Waals surface area contributed by atoms with Crippen molar-refractivity contribution in [3.8, 4) is 5.75 Å². The molecule has 0 radical (unpaired) electrons.